The fraction of sp³-hybridized carbons (Fsp3) is 0.100. The molecule has 0 saturated carbocycles. The lowest BCUT2D eigenvalue weighted by Gasteiger charge is -2.01. The lowest BCUT2D eigenvalue weighted by molar-refractivity contribution is -0.383. The van der Waals surface area contributed by atoms with E-state index < -0.39 is 4.92 Å². The second-order valence-electron chi connectivity index (χ2n) is 3.24. The molecule has 17 heavy (non-hydrogen) atoms. The van der Waals surface area contributed by atoms with Gasteiger partial charge >= 0.3 is 0 Å². The second kappa shape index (κ2) is 4.88. The van der Waals surface area contributed by atoms with Crippen molar-refractivity contribution in [3.8, 4) is 0 Å². The molecule has 6 nitrogen and oxygen atoms in total. The number of nitro groups is 1. The van der Waals surface area contributed by atoms with Crippen LogP contribution in [0.15, 0.2) is 40.3 Å². The fourth-order valence-electron chi connectivity index (χ4n) is 1.29. The number of oxazole rings is 1. The lowest BCUT2D eigenvalue weighted by atomic mass is 10.2. The zero-order chi connectivity index (χ0) is 12.3. The zero-order valence-electron chi connectivity index (χ0n) is 8.70. The summed E-state index contributed by atoms with van der Waals surface area (Å²) in [4.78, 5) is 14.0. The Labute approximate surface area is 101 Å². The van der Waals surface area contributed by atoms with Crippen molar-refractivity contribution in [1.29, 1.82) is 0 Å². The monoisotopic (exact) mass is 251 g/mol. The maximum Gasteiger partial charge on any atom is 0.292 e. The Balaban J connectivity index is 2.07. The van der Waals surface area contributed by atoms with Gasteiger partial charge in [-0.25, -0.2) is 4.98 Å². The van der Waals surface area contributed by atoms with Gasteiger partial charge < -0.3 is 10.2 Å². The quantitative estimate of drug-likeness (QED) is 0.388. The third-order valence-corrected chi connectivity index (χ3v) is 2.99. The molecule has 0 fully saturated rings. The number of nitrogen functional groups attached to an aromatic ring is 1. The van der Waals surface area contributed by atoms with Gasteiger partial charge in [-0.1, -0.05) is 17.8 Å². The average molecular weight is 251 g/mol. The zero-order valence-corrected chi connectivity index (χ0v) is 9.52. The van der Waals surface area contributed by atoms with Gasteiger partial charge in [0.05, 0.1) is 11.1 Å². The van der Waals surface area contributed by atoms with E-state index in [0.717, 1.165) is 5.56 Å². The summed E-state index contributed by atoms with van der Waals surface area (Å²) < 4.78 is 5.06. The van der Waals surface area contributed by atoms with Crippen LogP contribution in [0.3, 0.4) is 0 Å². The first-order valence-electron chi connectivity index (χ1n) is 4.72. The molecule has 88 valence electrons. The van der Waals surface area contributed by atoms with Gasteiger partial charge in [-0.05, 0) is 11.6 Å². The molecule has 0 aliphatic carbocycles. The molecule has 0 unspecified atom stereocenters. The number of rotatable bonds is 4. The van der Waals surface area contributed by atoms with Crippen molar-refractivity contribution >= 4 is 23.1 Å². The van der Waals surface area contributed by atoms with Gasteiger partial charge in [0.15, 0.2) is 0 Å². The van der Waals surface area contributed by atoms with E-state index in [0.29, 0.717) is 11.0 Å². The highest BCUT2D eigenvalue weighted by Crippen LogP contribution is 2.26. The smallest absolute Gasteiger partial charge is 0.292 e. The highest BCUT2D eigenvalue weighted by atomic mass is 32.2. The summed E-state index contributed by atoms with van der Waals surface area (Å²) >= 11 is 1.40. The van der Waals surface area contributed by atoms with Crippen LogP contribution in [0, 0.1) is 10.1 Å². The molecular formula is C10H9N3O3S. The molecule has 0 amide bonds. The van der Waals surface area contributed by atoms with Gasteiger partial charge in [0.1, 0.15) is 12.0 Å². The van der Waals surface area contributed by atoms with Crippen molar-refractivity contribution in [2.24, 2.45) is 0 Å². The summed E-state index contributed by atoms with van der Waals surface area (Å²) in [6.45, 7) is 0. The maximum atomic E-state index is 10.6. The van der Waals surface area contributed by atoms with Crippen molar-refractivity contribution in [1.82, 2.24) is 4.98 Å². The van der Waals surface area contributed by atoms with Crippen molar-refractivity contribution in [2.75, 3.05) is 5.73 Å². The third-order valence-electron chi connectivity index (χ3n) is 2.06. The summed E-state index contributed by atoms with van der Waals surface area (Å²) in [5.74, 6) is 0.600. The van der Waals surface area contributed by atoms with Gasteiger partial charge in [0.2, 0.25) is 0 Å². The Morgan fingerprint density at radius 2 is 2.35 bits per heavy atom. The molecule has 2 rings (SSSR count). The molecule has 0 bridgehead atoms. The molecule has 1 aromatic heterocycles. The van der Waals surface area contributed by atoms with Crippen LogP contribution in [-0.4, -0.2) is 9.91 Å². The molecule has 0 atom stereocenters. The summed E-state index contributed by atoms with van der Waals surface area (Å²) in [6.07, 6.45) is 3.05. The van der Waals surface area contributed by atoms with Gasteiger partial charge in [-0.2, -0.15) is 0 Å². The van der Waals surface area contributed by atoms with Gasteiger partial charge in [-0.15, -0.1) is 0 Å². The number of hydrogen-bond acceptors (Lipinski definition) is 6. The molecule has 0 aliphatic rings. The average Bonchev–Trinajstić information content (AvgIpc) is 2.78. The van der Waals surface area contributed by atoms with Crippen LogP contribution in [0.2, 0.25) is 0 Å². The first-order valence-corrected chi connectivity index (χ1v) is 5.70. The highest BCUT2D eigenvalue weighted by Gasteiger charge is 2.11. The summed E-state index contributed by atoms with van der Waals surface area (Å²) in [7, 11) is 0. The number of thioether (sulfide) groups is 1. The van der Waals surface area contributed by atoms with E-state index in [2.05, 4.69) is 4.98 Å². The van der Waals surface area contributed by atoms with E-state index >= 15 is 0 Å². The summed E-state index contributed by atoms with van der Waals surface area (Å²) in [6, 6.07) is 4.67. The van der Waals surface area contributed by atoms with E-state index in [-0.39, 0.29) is 11.4 Å². The normalized spacial score (nSPS) is 10.4. The predicted octanol–water partition coefficient (Wildman–Crippen LogP) is 2.46. The number of benzene rings is 1. The Kier molecular flexibility index (Phi) is 3.29. The van der Waals surface area contributed by atoms with Crippen molar-refractivity contribution < 1.29 is 9.34 Å². The largest absolute Gasteiger partial charge is 0.440 e. The number of hydrogen-bond donors (Lipinski definition) is 1. The minimum Gasteiger partial charge on any atom is -0.440 e. The molecule has 1 heterocycles. The molecule has 2 aromatic rings. The topological polar surface area (TPSA) is 95.2 Å². The molecule has 2 N–H and O–H groups in total. The Hall–Kier alpha value is -2.02. The van der Waals surface area contributed by atoms with Crippen LogP contribution in [0.5, 0.6) is 0 Å². The summed E-state index contributed by atoms with van der Waals surface area (Å²) in [5, 5.41) is 11.1. The van der Waals surface area contributed by atoms with Crippen LogP contribution in [-0.2, 0) is 5.75 Å². The molecule has 0 saturated heterocycles. The third kappa shape index (κ3) is 2.76. The van der Waals surface area contributed by atoms with E-state index in [4.69, 9.17) is 10.2 Å². The number of anilines is 1. The maximum absolute atomic E-state index is 10.6. The lowest BCUT2D eigenvalue weighted by Crippen LogP contribution is -1.96. The van der Waals surface area contributed by atoms with E-state index in [1.807, 2.05) is 0 Å². The van der Waals surface area contributed by atoms with Crippen LogP contribution >= 0.6 is 11.8 Å². The number of nitrogens with zero attached hydrogens (tertiary/aromatic N) is 2. The fourth-order valence-corrected chi connectivity index (χ4v) is 2.02. The molecular weight excluding hydrogens is 242 g/mol. The first kappa shape index (κ1) is 11.5. The Bertz CT molecular complexity index is 528. The standard InChI is InChI=1S/C10H9N3O3S/c11-8-5-7(1-2-9(8)13(14)15)6-17-10-12-3-4-16-10/h1-5H,6,11H2. The van der Waals surface area contributed by atoms with Gasteiger partial charge in [-0.3, -0.25) is 10.1 Å². The van der Waals surface area contributed by atoms with Gasteiger partial charge in [0, 0.05) is 11.8 Å². The predicted molar refractivity (Wildman–Crippen MR) is 63.6 cm³/mol. The summed E-state index contributed by atoms with van der Waals surface area (Å²) in [5.41, 5.74) is 6.56. The highest BCUT2D eigenvalue weighted by molar-refractivity contribution is 7.98. The first-order chi connectivity index (χ1) is 8.16. The molecule has 0 spiro atoms. The SMILES string of the molecule is Nc1cc(CSc2ncco2)ccc1[N+](=O)[O-]. The van der Waals surface area contributed by atoms with E-state index in [9.17, 15) is 10.1 Å². The Morgan fingerprint density at radius 1 is 1.53 bits per heavy atom. The van der Waals surface area contributed by atoms with Crippen molar-refractivity contribution in [2.45, 2.75) is 11.0 Å². The molecule has 7 heteroatoms. The minimum absolute atomic E-state index is 0.0742. The van der Waals surface area contributed by atoms with Gasteiger partial charge in [0.25, 0.3) is 10.9 Å². The Morgan fingerprint density at radius 3 is 2.94 bits per heavy atom. The van der Waals surface area contributed by atoms with E-state index in [1.54, 1.807) is 18.3 Å². The minimum atomic E-state index is -0.500. The second-order valence-corrected chi connectivity index (χ2v) is 4.16. The van der Waals surface area contributed by atoms with Crippen molar-refractivity contribution in [3.63, 3.8) is 0 Å². The molecule has 0 aliphatic heterocycles. The molecule has 1 aromatic carbocycles. The van der Waals surface area contributed by atoms with E-state index in [1.165, 1.54) is 24.1 Å². The van der Waals surface area contributed by atoms with Crippen LogP contribution < -0.4 is 5.73 Å². The van der Waals surface area contributed by atoms with Crippen LogP contribution in [0.1, 0.15) is 5.56 Å². The molecule has 0 radical (unpaired) electrons. The number of aromatic nitrogens is 1. The van der Waals surface area contributed by atoms with Crippen molar-refractivity contribution in [3.05, 3.63) is 46.3 Å². The number of nitro benzene ring substituents is 1. The number of nitrogens with two attached hydrogens (primary N) is 1. The van der Waals surface area contributed by atoms with Crippen LogP contribution in [0.4, 0.5) is 11.4 Å². The van der Waals surface area contributed by atoms with Crippen LogP contribution in [0.25, 0.3) is 0 Å².